The summed E-state index contributed by atoms with van der Waals surface area (Å²) < 4.78 is 2.85. The normalized spacial score (nSPS) is 44.9. The van der Waals surface area contributed by atoms with Gasteiger partial charge in [-0.15, -0.1) is 10.2 Å². The zero-order valence-corrected chi connectivity index (χ0v) is 39.3. The van der Waals surface area contributed by atoms with Gasteiger partial charge in [0.1, 0.15) is 13.1 Å². The van der Waals surface area contributed by atoms with E-state index in [1.807, 2.05) is 13.8 Å². The van der Waals surface area contributed by atoms with Gasteiger partial charge in [-0.1, -0.05) is 45.5 Å². The Morgan fingerprint density at radius 1 is 0.569 bits per heavy atom. The summed E-state index contributed by atoms with van der Waals surface area (Å²) in [6.45, 7) is 14.0. The van der Waals surface area contributed by atoms with E-state index in [1.54, 1.807) is 0 Å². The Morgan fingerprint density at radius 3 is 1.35 bits per heavy atom. The Labute approximate surface area is 386 Å². The number of hydrogen-bond acceptors (Lipinski definition) is 10. The number of ketones is 2. The molecule has 8 saturated carbocycles. The number of amides is 1. The van der Waals surface area contributed by atoms with Crippen molar-refractivity contribution in [2.24, 2.45) is 86.6 Å². The first-order valence-corrected chi connectivity index (χ1v) is 24.9. The lowest BCUT2D eigenvalue weighted by molar-refractivity contribution is -0.151. The Bertz CT molecular complexity index is 2000. The minimum Gasteiger partial charge on any atom is -0.476 e. The number of hydrogen-bond donors (Lipinski definition) is 4. The number of aromatic carboxylic acids is 1. The number of Topliss-reactive ketones (excluding diaryl/α,β-unsaturated/α-hetero) is 2. The summed E-state index contributed by atoms with van der Waals surface area (Å²) in [7, 11) is 0. The Hall–Kier alpha value is -3.52. The Balaban J connectivity index is 0.000000175. The molecule has 0 radical (unpaired) electrons. The summed E-state index contributed by atoms with van der Waals surface area (Å²) in [6, 6.07) is 0. The highest BCUT2D eigenvalue weighted by Crippen LogP contribution is 2.70. The van der Waals surface area contributed by atoms with E-state index in [-0.39, 0.29) is 66.1 Å². The van der Waals surface area contributed by atoms with Gasteiger partial charge in [0.2, 0.25) is 0 Å². The maximum Gasteiger partial charge on any atom is 0.358 e. The first-order chi connectivity index (χ1) is 30.1. The summed E-state index contributed by atoms with van der Waals surface area (Å²) in [5.41, 5.74) is 4.98. The number of carboxylic acid groups (broad SMARTS) is 1. The van der Waals surface area contributed by atoms with Crippen molar-refractivity contribution in [1.82, 2.24) is 30.0 Å². The van der Waals surface area contributed by atoms with Crippen molar-refractivity contribution < 1.29 is 34.5 Å². The average molecular weight is 902 g/mol. The molecule has 2 heterocycles. The van der Waals surface area contributed by atoms with Crippen molar-refractivity contribution in [2.45, 2.75) is 189 Å². The molecule has 0 saturated heterocycles. The van der Waals surface area contributed by atoms with E-state index in [2.05, 4.69) is 48.3 Å². The molecule has 10 rings (SSSR count). The van der Waals surface area contributed by atoms with Crippen LogP contribution in [0.15, 0.2) is 12.4 Å². The standard InChI is InChI=1S/C25H38N4O3.C25H37N3O4.CH4/c1-23(32)10-11-24(2)15(12-23)4-5-16-17-6-7-19(25(17,3)9-8-18(16)24)21(30)14-29-13-20(22(26)31)27-28-29;1-23(32)10-11-24(2)15(12-23)4-5-16-17-6-7-19(25(17,3)9-8-18(16)24)21(29)14-28-13-20(22(30)31)26-27-28;/h13,15-19,32H,4-12,14H2,1-3H3,(H2,26,31);13,15-19,32H,4-12,14H2,1-3H3,(H,30,31);1H4/t2*15-,16+,17+,18+,19?,23-,24+,25+;/m11./s1. The zero-order valence-electron chi connectivity index (χ0n) is 39.3. The van der Waals surface area contributed by atoms with Gasteiger partial charge in [0, 0.05) is 11.8 Å². The molecule has 2 aromatic heterocycles. The molecule has 1 amide bonds. The molecule has 65 heavy (non-hydrogen) atoms. The van der Waals surface area contributed by atoms with E-state index in [1.165, 1.54) is 60.3 Å². The number of aromatic nitrogens is 6. The molecular formula is C51H79N7O7. The highest BCUT2D eigenvalue weighted by molar-refractivity contribution is 5.90. The maximum atomic E-state index is 13.3. The molecule has 8 aliphatic carbocycles. The third kappa shape index (κ3) is 8.24. The molecule has 0 aromatic carbocycles. The first-order valence-electron chi connectivity index (χ1n) is 24.9. The molecular weight excluding hydrogens is 823 g/mol. The van der Waals surface area contributed by atoms with Crippen molar-refractivity contribution in [3.8, 4) is 0 Å². The molecule has 8 fully saturated rings. The molecule has 0 bridgehead atoms. The van der Waals surface area contributed by atoms with E-state index in [9.17, 15) is 29.4 Å². The predicted molar refractivity (Wildman–Crippen MR) is 244 cm³/mol. The number of nitrogens with two attached hydrogens (primary N) is 1. The SMILES string of the molecule is C.C[C@@]1(O)CC[C@@]2(C)[C@H](CC[C@@H]3[C@@H]2CC[C@]2(C)C(C(=O)Cn4cc(C(=O)O)nn4)CC[C@@H]32)C1.C[C@@]1(O)CC[C@@]2(C)[C@H](CC[C@@H]3[C@@H]2CC[C@]2(C)C(C(=O)Cn4cc(C(N)=O)nn4)CC[C@@H]32)C1. The van der Waals surface area contributed by atoms with Gasteiger partial charge in [-0.05, 0) is 198 Å². The van der Waals surface area contributed by atoms with Crippen molar-refractivity contribution in [1.29, 1.82) is 0 Å². The average Bonchev–Trinajstić information content (AvgIpc) is 4.04. The van der Waals surface area contributed by atoms with Crippen LogP contribution in [0, 0.1) is 80.8 Å². The van der Waals surface area contributed by atoms with Gasteiger partial charge >= 0.3 is 5.97 Å². The fourth-order valence-electron chi connectivity index (χ4n) is 17.4. The van der Waals surface area contributed by atoms with Crippen LogP contribution >= 0.6 is 0 Å². The van der Waals surface area contributed by atoms with Crippen LogP contribution in [0.4, 0.5) is 0 Å². The third-order valence-electron chi connectivity index (χ3n) is 20.9. The summed E-state index contributed by atoms with van der Waals surface area (Å²) in [4.78, 5) is 49.0. The molecule has 14 nitrogen and oxygen atoms in total. The summed E-state index contributed by atoms with van der Waals surface area (Å²) in [5, 5.41) is 45.6. The maximum absolute atomic E-state index is 13.3. The minimum absolute atomic E-state index is 0. The van der Waals surface area contributed by atoms with Crippen molar-refractivity contribution in [3.63, 3.8) is 0 Å². The number of aliphatic hydroxyl groups is 2. The van der Waals surface area contributed by atoms with Gasteiger partial charge in [-0.25, -0.2) is 14.2 Å². The molecule has 2 unspecified atom stereocenters. The molecule has 0 aliphatic heterocycles. The highest BCUT2D eigenvalue weighted by Gasteiger charge is 2.63. The van der Waals surface area contributed by atoms with Crippen LogP contribution in [-0.2, 0) is 22.7 Å². The fraction of sp³-hybridized carbons (Fsp3) is 0.843. The van der Waals surface area contributed by atoms with Gasteiger partial charge in [-0.2, -0.15) is 0 Å². The van der Waals surface area contributed by atoms with Crippen LogP contribution in [0.5, 0.6) is 0 Å². The fourth-order valence-corrected chi connectivity index (χ4v) is 17.4. The van der Waals surface area contributed by atoms with Gasteiger partial charge in [0.05, 0.1) is 23.6 Å². The van der Waals surface area contributed by atoms with Crippen LogP contribution in [0.1, 0.15) is 186 Å². The van der Waals surface area contributed by atoms with E-state index >= 15 is 0 Å². The largest absolute Gasteiger partial charge is 0.476 e. The second-order valence-corrected chi connectivity index (χ2v) is 24.3. The number of nitrogens with zero attached hydrogens (tertiary/aromatic N) is 6. The molecule has 5 N–H and O–H groups in total. The summed E-state index contributed by atoms with van der Waals surface area (Å²) in [6.07, 6.45) is 22.4. The van der Waals surface area contributed by atoms with E-state index in [0.29, 0.717) is 52.3 Å². The van der Waals surface area contributed by atoms with Gasteiger partial charge in [0.25, 0.3) is 5.91 Å². The van der Waals surface area contributed by atoms with E-state index in [0.717, 1.165) is 83.0 Å². The second kappa shape index (κ2) is 16.9. The number of carbonyl (C=O) groups excluding carboxylic acids is 3. The number of primary amides is 1. The molecule has 16 atom stereocenters. The molecule has 14 heteroatoms. The summed E-state index contributed by atoms with van der Waals surface area (Å²) >= 11 is 0. The Morgan fingerprint density at radius 2 is 0.969 bits per heavy atom. The van der Waals surface area contributed by atoms with Crippen LogP contribution in [0.2, 0.25) is 0 Å². The number of carboxylic acids is 1. The number of rotatable bonds is 8. The predicted octanol–water partition coefficient (Wildman–Crippen LogP) is 7.95. The van der Waals surface area contributed by atoms with Crippen molar-refractivity contribution in [3.05, 3.63) is 23.8 Å². The van der Waals surface area contributed by atoms with Gasteiger partial charge in [0.15, 0.2) is 23.0 Å². The smallest absolute Gasteiger partial charge is 0.358 e. The lowest BCUT2D eigenvalue weighted by Crippen LogP contribution is -2.55. The highest BCUT2D eigenvalue weighted by atomic mass is 16.4. The van der Waals surface area contributed by atoms with Crippen LogP contribution in [0.3, 0.4) is 0 Å². The van der Waals surface area contributed by atoms with Crippen LogP contribution in [-0.4, -0.2) is 80.0 Å². The van der Waals surface area contributed by atoms with Crippen molar-refractivity contribution in [2.75, 3.05) is 0 Å². The monoisotopic (exact) mass is 902 g/mol. The quantitative estimate of drug-likeness (QED) is 0.199. The topological polar surface area (TPSA) is 216 Å². The lowest BCUT2D eigenvalue weighted by atomic mass is 9.44. The van der Waals surface area contributed by atoms with Gasteiger partial charge in [-0.3, -0.25) is 14.4 Å². The summed E-state index contributed by atoms with van der Waals surface area (Å²) in [5.74, 6) is 3.94. The van der Waals surface area contributed by atoms with Crippen LogP contribution in [0.25, 0.3) is 0 Å². The van der Waals surface area contributed by atoms with Gasteiger partial charge < -0.3 is 21.1 Å². The molecule has 360 valence electrons. The number of fused-ring (bicyclic) bond motifs is 10. The van der Waals surface area contributed by atoms with Crippen molar-refractivity contribution >= 4 is 23.4 Å². The molecule has 8 aliphatic rings. The minimum atomic E-state index is -1.12. The third-order valence-corrected chi connectivity index (χ3v) is 20.9. The van der Waals surface area contributed by atoms with E-state index < -0.39 is 23.1 Å². The van der Waals surface area contributed by atoms with Crippen LogP contribution < -0.4 is 5.73 Å². The second-order valence-electron chi connectivity index (χ2n) is 24.3. The number of carbonyl (C=O) groups is 4. The zero-order chi connectivity index (χ0) is 45.8. The lowest BCUT2D eigenvalue weighted by Gasteiger charge is -2.61. The Kier molecular flexibility index (Phi) is 12.5. The first kappa shape index (κ1) is 48.0. The van der Waals surface area contributed by atoms with E-state index in [4.69, 9.17) is 10.8 Å². The molecule has 2 aromatic rings. The molecule has 0 spiro atoms.